The van der Waals surface area contributed by atoms with E-state index in [1.54, 1.807) is 0 Å². The van der Waals surface area contributed by atoms with Crippen molar-refractivity contribution < 1.29 is 0 Å². The van der Waals surface area contributed by atoms with Crippen LogP contribution in [0.25, 0.3) is 22.3 Å². The molecule has 0 N–H and O–H groups in total. The fourth-order valence-corrected chi connectivity index (χ4v) is 7.11. The van der Waals surface area contributed by atoms with Gasteiger partial charge in [-0.3, -0.25) is 8.65 Å². The third kappa shape index (κ3) is 4.09. The summed E-state index contributed by atoms with van der Waals surface area (Å²) in [6.07, 6.45) is 9.98. The number of benzene rings is 1. The minimum Gasteiger partial charge on any atom is -0.328 e. The summed E-state index contributed by atoms with van der Waals surface area (Å²) < 4.78 is 4.24. The molecule has 0 spiro atoms. The largest absolute Gasteiger partial charge is 0.328 e. The molecule has 1 atom stereocenters. The molecule has 1 aliphatic heterocycles. The molecule has 1 aromatic carbocycles. The number of fused-ring (bicyclic) bond motifs is 3. The van der Waals surface area contributed by atoms with Gasteiger partial charge in [0.25, 0.3) is 0 Å². The lowest BCUT2D eigenvalue weighted by molar-refractivity contribution is 0.660. The second kappa shape index (κ2) is 10.2. The highest BCUT2D eigenvalue weighted by Gasteiger charge is 2.37. The molecule has 0 amide bonds. The highest BCUT2D eigenvalue weighted by molar-refractivity contribution is 8.13. The van der Waals surface area contributed by atoms with Crippen LogP contribution in [0.3, 0.4) is 0 Å². The third-order valence-corrected chi connectivity index (χ3v) is 9.08. The van der Waals surface area contributed by atoms with Crippen molar-refractivity contribution >= 4 is 38.9 Å². The van der Waals surface area contributed by atoms with E-state index in [1.165, 1.54) is 36.3 Å². The molecule has 194 valence electrons. The van der Waals surface area contributed by atoms with Crippen molar-refractivity contribution in [3.63, 3.8) is 0 Å². The van der Waals surface area contributed by atoms with E-state index >= 15 is 0 Å². The van der Waals surface area contributed by atoms with Crippen molar-refractivity contribution in [3.8, 4) is 11.3 Å². The lowest BCUT2D eigenvalue weighted by Crippen LogP contribution is -2.33. The Morgan fingerprint density at radius 3 is 2.46 bits per heavy atom. The molecule has 0 radical (unpaired) electrons. The van der Waals surface area contributed by atoms with E-state index in [0.717, 1.165) is 45.9 Å². The third-order valence-electron chi connectivity index (χ3n) is 7.45. The molecule has 6 rings (SSSR count). The fraction of sp³-hybridized carbons (Fsp3) is 0.367. The maximum absolute atomic E-state index is 5.05. The van der Waals surface area contributed by atoms with E-state index < -0.39 is 10.7 Å². The van der Waals surface area contributed by atoms with Gasteiger partial charge in [0.2, 0.25) is 0 Å². The van der Waals surface area contributed by atoms with Crippen LogP contribution in [0, 0.1) is 0 Å². The van der Waals surface area contributed by atoms with E-state index in [9.17, 15) is 0 Å². The minimum atomic E-state index is -0.468. The molecule has 3 aromatic heterocycles. The van der Waals surface area contributed by atoms with Crippen LogP contribution in [0.2, 0.25) is 0 Å². The molecule has 2 aliphatic rings. The number of aromatic nitrogens is 4. The van der Waals surface area contributed by atoms with Crippen LogP contribution in [0.4, 0.5) is 11.4 Å². The molecule has 1 unspecified atom stereocenters. The first-order valence-corrected chi connectivity index (χ1v) is 14.7. The molecule has 4 aromatic rings. The van der Waals surface area contributed by atoms with Crippen molar-refractivity contribution in [1.82, 2.24) is 18.7 Å². The summed E-state index contributed by atoms with van der Waals surface area (Å²) in [4.78, 5) is 10.9. The van der Waals surface area contributed by atoms with Gasteiger partial charge in [0, 0.05) is 42.2 Å². The number of anilines is 2. The first kappa shape index (κ1) is 25.3. The predicted octanol–water partition coefficient (Wildman–Crippen LogP) is 7.22. The lowest BCUT2D eigenvalue weighted by atomic mass is 10.1. The van der Waals surface area contributed by atoms with Gasteiger partial charge in [-0.05, 0) is 37.5 Å². The van der Waals surface area contributed by atoms with Gasteiger partial charge in [0.15, 0.2) is 5.65 Å². The predicted molar refractivity (Wildman–Crippen MR) is 160 cm³/mol. The van der Waals surface area contributed by atoms with Crippen molar-refractivity contribution in [1.29, 1.82) is 0 Å². The van der Waals surface area contributed by atoms with Gasteiger partial charge < -0.3 is 9.80 Å². The summed E-state index contributed by atoms with van der Waals surface area (Å²) in [6.45, 7) is 10.6. The Balaban J connectivity index is 0.00000137. The summed E-state index contributed by atoms with van der Waals surface area (Å²) in [7, 11) is 3.63. The number of aryl methyl sites for hydroxylation is 2. The molecular formula is C30H38N6S. The standard InChI is InChI=1S/C28H32N6S.C2H6/c1-6-24-23(18-31(3)30-24)25-16-22-27-26(32(4)19(2)33(27)20-12-10-11-13-20)17-29-28(22)34(25)35(5)21-14-8-7-9-15-21;1-2/h7-9,14-18,20H,2,5-6,10-13H2,1,3-4H3;1-2H3. The van der Waals surface area contributed by atoms with Crippen LogP contribution in [0.1, 0.15) is 52.1 Å². The van der Waals surface area contributed by atoms with Gasteiger partial charge in [-0.15, -0.1) is 0 Å². The van der Waals surface area contributed by atoms with E-state index in [4.69, 9.17) is 10.1 Å². The van der Waals surface area contributed by atoms with Crippen molar-refractivity contribution in [2.24, 2.45) is 7.05 Å². The van der Waals surface area contributed by atoms with Gasteiger partial charge >= 0.3 is 0 Å². The van der Waals surface area contributed by atoms with Crippen LogP contribution in [-0.4, -0.2) is 37.7 Å². The zero-order valence-corrected chi connectivity index (χ0v) is 23.6. The lowest BCUT2D eigenvalue weighted by Gasteiger charge is -2.28. The van der Waals surface area contributed by atoms with E-state index in [0.29, 0.717) is 6.04 Å². The quantitative estimate of drug-likeness (QED) is 0.264. The second-order valence-electron chi connectivity index (χ2n) is 9.53. The summed E-state index contributed by atoms with van der Waals surface area (Å²) in [5.41, 5.74) is 6.70. The Kier molecular flexibility index (Phi) is 6.99. The smallest absolute Gasteiger partial charge is 0.152 e. The summed E-state index contributed by atoms with van der Waals surface area (Å²) in [5, 5.41) is 5.92. The second-order valence-corrected chi connectivity index (χ2v) is 11.1. The van der Waals surface area contributed by atoms with E-state index in [2.05, 4.69) is 82.8 Å². The Morgan fingerprint density at radius 1 is 1.08 bits per heavy atom. The molecule has 1 aliphatic carbocycles. The van der Waals surface area contributed by atoms with Crippen LogP contribution in [-0.2, 0) is 13.5 Å². The molecule has 0 bridgehead atoms. The number of hydrogen-bond acceptors (Lipinski definition) is 4. The molecule has 1 saturated carbocycles. The number of rotatable bonds is 5. The SMILES string of the molecule is C=C1N(C)c2cnc3c(cc(-c4cn(C)nc4CC)n3S(=C)c3ccccc3)c2N1C1CCCC1.CC. The number of nitrogens with zero attached hydrogens (tertiary/aromatic N) is 6. The average Bonchev–Trinajstić information content (AvgIpc) is 3.71. The zero-order valence-electron chi connectivity index (χ0n) is 22.7. The van der Waals surface area contributed by atoms with Crippen molar-refractivity contribution in [2.45, 2.75) is 63.8 Å². The summed E-state index contributed by atoms with van der Waals surface area (Å²) in [5.74, 6) is 5.70. The fourth-order valence-electron chi connectivity index (χ4n) is 5.69. The van der Waals surface area contributed by atoms with Gasteiger partial charge in [-0.25, -0.2) is 4.98 Å². The molecule has 4 heterocycles. The molecule has 7 heteroatoms. The maximum Gasteiger partial charge on any atom is 0.152 e. The van der Waals surface area contributed by atoms with Gasteiger partial charge in [-0.1, -0.05) is 74.9 Å². The summed E-state index contributed by atoms with van der Waals surface area (Å²) >= 11 is 0. The van der Waals surface area contributed by atoms with E-state index in [-0.39, 0.29) is 0 Å². The Bertz CT molecular complexity index is 1460. The Labute approximate surface area is 223 Å². The highest BCUT2D eigenvalue weighted by Crippen LogP contribution is 2.50. The maximum atomic E-state index is 5.05. The zero-order chi connectivity index (χ0) is 26.3. The van der Waals surface area contributed by atoms with Crippen LogP contribution in [0.5, 0.6) is 0 Å². The van der Waals surface area contributed by atoms with E-state index in [1.807, 2.05) is 31.8 Å². The van der Waals surface area contributed by atoms with Gasteiger partial charge in [-0.2, -0.15) is 5.10 Å². The van der Waals surface area contributed by atoms with Crippen molar-refractivity contribution in [3.05, 3.63) is 66.9 Å². The van der Waals surface area contributed by atoms with Crippen LogP contribution < -0.4 is 9.80 Å². The molecule has 37 heavy (non-hydrogen) atoms. The molecule has 1 fully saturated rings. The van der Waals surface area contributed by atoms with Crippen LogP contribution in [0.15, 0.2) is 66.1 Å². The normalized spacial score (nSPS) is 16.3. The first-order chi connectivity index (χ1) is 18.0. The molecule has 6 nitrogen and oxygen atoms in total. The van der Waals surface area contributed by atoms with Gasteiger partial charge in [0.05, 0.1) is 29.0 Å². The molecule has 0 saturated heterocycles. The highest BCUT2D eigenvalue weighted by atomic mass is 32.2. The Hall–Kier alpha value is -3.32. The monoisotopic (exact) mass is 514 g/mol. The minimum absolute atomic E-state index is 0.468. The molecular weight excluding hydrogens is 476 g/mol. The van der Waals surface area contributed by atoms with Crippen LogP contribution >= 0.6 is 10.7 Å². The number of hydrogen-bond donors (Lipinski definition) is 0. The Morgan fingerprint density at radius 2 is 1.78 bits per heavy atom. The number of pyridine rings is 1. The topological polar surface area (TPSA) is 42.1 Å². The summed E-state index contributed by atoms with van der Waals surface area (Å²) in [6, 6.07) is 13.3. The average molecular weight is 515 g/mol. The first-order valence-electron chi connectivity index (χ1n) is 13.4. The van der Waals surface area contributed by atoms with Gasteiger partial charge in [0.1, 0.15) is 5.82 Å². The van der Waals surface area contributed by atoms with Crippen molar-refractivity contribution in [2.75, 3.05) is 16.8 Å².